The van der Waals surface area contributed by atoms with Gasteiger partial charge in [0.2, 0.25) is 0 Å². The topological polar surface area (TPSA) is 38.1 Å². The highest BCUT2D eigenvalue weighted by Crippen LogP contribution is 2.35. The number of benzene rings is 1. The van der Waals surface area contributed by atoms with Gasteiger partial charge in [-0.15, -0.1) is 11.6 Å². The van der Waals surface area contributed by atoms with Crippen LogP contribution in [0.1, 0.15) is 12.8 Å². The summed E-state index contributed by atoms with van der Waals surface area (Å²) in [5.74, 6) is 0.679. The molecule has 1 aromatic heterocycles. The maximum Gasteiger partial charge on any atom is 0.295 e. The zero-order valence-corrected chi connectivity index (χ0v) is 9.57. The molecule has 84 valence electrons. The van der Waals surface area contributed by atoms with Gasteiger partial charge in [0, 0.05) is 6.54 Å². The third kappa shape index (κ3) is 2.00. The number of hydrogen-bond donors (Lipinski definition) is 1. The van der Waals surface area contributed by atoms with Crippen molar-refractivity contribution in [3.8, 4) is 0 Å². The minimum absolute atomic E-state index is 0.190. The fraction of sp³-hybridized carbons (Fsp3) is 0.417. The average Bonchev–Trinajstić information content (AvgIpc) is 3.06. The van der Waals surface area contributed by atoms with Crippen LogP contribution in [0.2, 0.25) is 0 Å². The van der Waals surface area contributed by atoms with E-state index in [-0.39, 0.29) is 5.38 Å². The normalized spacial score (nSPS) is 17.6. The number of hydrogen-bond acceptors (Lipinski definition) is 3. The maximum atomic E-state index is 6.19. The van der Waals surface area contributed by atoms with Crippen molar-refractivity contribution in [2.24, 2.45) is 5.92 Å². The number of nitrogens with one attached hydrogen (secondary N) is 1. The number of nitrogens with zero attached hydrogens (tertiary/aromatic N) is 1. The first-order valence-electron chi connectivity index (χ1n) is 5.56. The van der Waals surface area contributed by atoms with E-state index < -0.39 is 0 Å². The molecule has 0 bridgehead atoms. The minimum Gasteiger partial charge on any atom is -0.424 e. The molecule has 1 saturated carbocycles. The number of halogens is 1. The number of anilines is 1. The summed E-state index contributed by atoms with van der Waals surface area (Å²) in [5, 5.41) is 3.34. The van der Waals surface area contributed by atoms with Crippen LogP contribution in [0.5, 0.6) is 0 Å². The van der Waals surface area contributed by atoms with Gasteiger partial charge in [0.05, 0.1) is 5.38 Å². The van der Waals surface area contributed by atoms with Gasteiger partial charge in [0.1, 0.15) is 5.52 Å². The lowest BCUT2D eigenvalue weighted by Gasteiger charge is -2.06. The molecule has 0 saturated heterocycles. The Balaban J connectivity index is 1.69. The zero-order valence-electron chi connectivity index (χ0n) is 8.82. The number of fused-ring (bicyclic) bond motifs is 1. The van der Waals surface area contributed by atoms with Crippen LogP contribution in [0.4, 0.5) is 6.01 Å². The first-order chi connectivity index (χ1) is 7.83. The van der Waals surface area contributed by atoms with Crippen LogP contribution in [0.15, 0.2) is 28.7 Å². The van der Waals surface area contributed by atoms with Crippen molar-refractivity contribution >= 4 is 28.7 Å². The van der Waals surface area contributed by atoms with Gasteiger partial charge in [0.25, 0.3) is 6.01 Å². The van der Waals surface area contributed by atoms with Crippen LogP contribution < -0.4 is 5.32 Å². The summed E-state index contributed by atoms with van der Waals surface area (Å²) in [6.07, 6.45) is 2.51. The largest absolute Gasteiger partial charge is 0.424 e. The van der Waals surface area contributed by atoms with Crippen molar-refractivity contribution in [1.82, 2.24) is 4.98 Å². The molecule has 2 aromatic rings. The number of aromatic nitrogens is 1. The van der Waals surface area contributed by atoms with Crippen molar-refractivity contribution in [2.45, 2.75) is 18.2 Å². The lowest BCUT2D eigenvalue weighted by molar-refractivity contribution is 0.609. The first kappa shape index (κ1) is 9.97. The molecule has 0 spiro atoms. The average molecular weight is 237 g/mol. The zero-order chi connectivity index (χ0) is 11.0. The van der Waals surface area contributed by atoms with Crippen LogP contribution in [0, 0.1) is 5.92 Å². The standard InChI is InChI=1S/C12H13ClN2O/c13-9(8-5-6-8)7-14-12-15-10-3-1-2-4-11(10)16-12/h1-4,8-9H,5-7H2,(H,14,15). The molecule has 1 N–H and O–H groups in total. The third-order valence-corrected chi connectivity index (χ3v) is 3.39. The van der Waals surface area contributed by atoms with Crippen molar-refractivity contribution in [3.05, 3.63) is 24.3 Å². The van der Waals surface area contributed by atoms with Gasteiger partial charge in [0.15, 0.2) is 5.58 Å². The molecular weight excluding hydrogens is 224 g/mol. The highest BCUT2D eigenvalue weighted by Gasteiger charge is 2.29. The van der Waals surface area contributed by atoms with Gasteiger partial charge < -0.3 is 9.73 Å². The molecule has 3 rings (SSSR count). The second kappa shape index (κ2) is 3.98. The van der Waals surface area contributed by atoms with Crippen molar-refractivity contribution in [2.75, 3.05) is 11.9 Å². The van der Waals surface area contributed by atoms with Gasteiger partial charge in [-0.1, -0.05) is 12.1 Å². The van der Waals surface area contributed by atoms with Gasteiger partial charge in [-0.3, -0.25) is 0 Å². The summed E-state index contributed by atoms with van der Waals surface area (Å²) in [6, 6.07) is 8.29. The Morgan fingerprint density at radius 1 is 1.44 bits per heavy atom. The van der Waals surface area contributed by atoms with Crippen LogP contribution in [0.3, 0.4) is 0 Å². The Morgan fingerprint density at radius 2 is 2.25 bits per heavy atom. The second-order valence-electron chi connectivity index (χ2n) is 4.22. The van der Waals surface area contributed by atoms with E-state index in [1.807, 2.05) is 24.3 Å². The molecule has 1 unspecified atom stereocenters. The SMILES string of the molecule is ClC(CNc1nc2ccccc2o1)C1CC1. The summed E-state index contributed by atoms with van der Waals surface area (Å²) in [6.45, 7) is 0.721. The maximum absolute atomic E-state index is 6.19. The fourth-order valence-corrected chi connectivity index (χ4v) is 2.09. The van der Waals surface area contributed by atoms with Crippen LogP contribution in [0.25, 0.3) is 11.1 Å². The molecule has 0 radical (unpaired) electrons. The number of rotatable bonds is 4. The molecule has 0 amide bonds. The van der Waals surface area contributed by atoms with Crippen molar-refractivity contribution in [1.29, 1.82) is 0 Å². The molecule has 1 atom stereocenters. The van der Waals surface area contributed by atoms with Gasteiger partial charge in [-0.25, -0.2) is 0 Å². The number of para-hydroxylation sites is 2. The lowest BCUT2D eigenvalue weighted by Crippen LogP contribution is -2.15. The molecule has 3 nitrogen and oxygen atoms in total. The molecule has 1 heterocycles. The first-order valence-corrected chi connectivity index (χ1v) is 6.00. The molecule has 4 heteroatoms. The summed E-state index contributed by atoms with van der Waals surface area (Å²) >= 11 is 6.19. The van der Waals surface area contributed by atoms with E-state index in [0.717, 1.165) is 17.6 Å². The third-order valence-electron chi connectivity index (χ3n) is 2.88. The molecule has 1 aromatic carbocycles. The predicted octanol–water partition coefficient (Wildman–Crippen LogP) is 3.26. The van der Waals surface area contributed by atoms with Crippen molar-refractivity contribution in [3.63, 3.8) is 0 Å². The Labute approximate surface area is 98.8 Å². The number of alkyl halides is 1. The van der Waals surface area contributed by atoms with Crippen LogP contribution in [-0.2, 0) is 0 Å². The van der Waals surface area contributed by atoms with E-state index in [1.54, 1.807) is 0 Å². The molecule has 1 aliphatic carbocycles. The van der Waals surface area contributed by atoms with E-state index in [1.165, 1.54) is 12.8 Å². The monoisotopic (exact) mass is 236 g/mol. The van der Waals surface area contributed by atoms with Gasteiger partial charge in [-0.05, 0) is 30.9 Å². The van der Waals surface area contributed by atoms with Crippen LogP contribution >= 0.6 is 11.6 Å². The van der Waals surface area contributed by atoms with Crippen LogP contribution in [-0.4, -0.2) is 16.9 Å². The highest BCUT2D eigenvalue weighted by molar-refractivity contribution is 6.21. The molecular formula is C12H13ClN2O. The van der Waals surface area contributed by atoms with E-state index in [9.17, 15) is 0 Å². The minimum atomic E-state index is 0.190. The summed E-state index contributed by atoms with van der Waals surface area (Å²) < 4.78 is 5.54. The Bertz CT molecular complexity index is 459. The highest BCUT2D eigenvalue weighted by atomic mass is 35.5. The van der Waals surface area contributed by atoms with Gasteiger partial charge in [-0.2, -0.15) is 4.98 Å². The van der Waals surface area contributed by atoms with Gasteiger partial charge >= 0.3 is 0 Å². The second-order valence-corrected chi connectivity index (χ2v) is 4.78. The van der Waals surface area contributed by atoms with E-state index in [4.69, 9.17) is 16.0 Å². The number of oxazole rings is 1. The molecule has 16 heavy (non-hydrogen) atoms. The Kier molecular flexibility index (Phi) is 2.48. The molecule has 1 aliphatic rings. The summed E-state index contributed by atoms with van der Waals surface area (Å²) in [4.78, 5) is 4.33. The summed E-state index contributed by atoms with van der Waals surface area (Å²) in [5.41, 5.74) is 1.69. The van der Waals surface area contributed by atoms with E-state index in [2.05, 4.69) is 10.3 Å². The van der Waals surface area contributed by atoms with E-state index >= 15 is 0 Å². The fourth-order valence-electron chi connectivity index (χ4n) is 1.76. The Hall–Kier alpha value is -1.22. The predicted molar refractivity (Wildman–Crippen MR) is 64.9 cm³/mol. The Morgan fingerprint density at radius 3 is 3.00 bits per heavy atom. The molecule has 1 fully saturated rings. The molecule has 0 aliphatic heterocycles. The quantitative estimate of drug-likeness (QED) is 0.829. The van der Waals surface area contributed by atoms with Crippen molar-refractivity contribution < 1.29 is 4.42 Å². The summed E-state index contributed by atoms with van der Waals surface area (Å²) in [7, 11) is 0. The smallest absolute Gasteiger partial charge is 0.295 e. The lowest BCUT2D eigenvalue weighted by atomic mass is 10.3. The van der Waals surface area contributed by atoms with E-state index in [0.29, 0.717) is 11.9 Å².